The summed E-state index contributed by atoms with van der Waals surface area (Å²) in [6, 6.07) is 0. The van der Waals surface area contributed by atoms with E-state index in [1.165, 1.54) is 51.5 Å². The summed E-state index contributed by atoms with van der Waals surface area (Å²) in [5.74, 6) is 0.981. The maximum absolute atomic E-state index is 5.11. The number of methoxy groups -OCH3 is 1. The smallest absolute Gasteiger partial charge is 0.0587 e. The molecule has 1 atom stereocenters. The molecule has 0 radical (unpaired) electrons. The fourth-order valence-corrected chi connectivity index (χ4v) is 3.09. The van der Waals surface area contributed by atoms with E-state index >= 15 is 0 Å². The highest BCUT2D eigenvalue weighted by molar-refractivity contribution is 4.91. The number of unbranched alkanes of at least 4 members (excludes halogenated alkanes) is 1. The topological polar surface area (TPSA) is 21.3 Å². The molecule has 1 rings (SSSR count). The van der Waals surface area contributed by atoms with Crippen LogP contribution in [0.1, 0.15) is 58.8 Å². The van der Waals surface area contributed by atoms with Crippen molar-refractivity contribution in [1.29, 1.82) is 0 Å². The summed E-state index contributed by atoms with van der Waals surface area (Å²) in [5, 5.41) is 3.61. The summed E-state index contributed by atoms with van der Waals surface area (Å²) in [7, 11) is 1.78. The zero-order valence-corrected chi connectivity index (χ0v) is 12.1. The predicted octanol–water partition coefficient (Wildman–Crippen LogP) is 3.61. The summed E-state index contributed by atoms with van der Waals surface area (Å²) in [6.07, 6.45) is 9.83. The van der Waals surface area contributed by atoms with Crippen molar-refractivity contribution in [2.24, 2.45) is 11.3 Å². The Balaban J connectivity index is 2.43. The lowest BCUT2D eigenvalue weighted by atomic mass is 9.61. The largest absolute Gasteiger partial charge is 0.383 e. The van der Waals surface area contributed by atoms with E-state index in [4.69, 9.17) is 4.74 Å². The quantitative estimate of drug-likeness (QED) is 0.590. The van der Waals surface area contributed by atoms with Crippen molar-refractivity contribution in [1.82, 2.24) is 5.32 Å². The van der Waals surface area contributed by atoms with Crippen molar-refractivity contribution in [2.45, 2.75) is 58.8 Å². The third kappa shape index (κ3) is 4.26. The second kappa shape index (κ2) is 8.10. The molecule has 0 bridgehead atoms. The molecule has 0 aromatic rings. The van der Waals surface area contributed by atoms with Gasteiger partial charge < -0.3 is 10.1 Å². The zero-order valence-electron chi connectivity index (χ0n) is 12.1. The highest BCUT2D eigenvalue weighted by Gasteiger charge is 2.39. The van der Waals surface area contributed by atoms with E-state index in [-0.39, 0.29) is 0 Å². The predicted molar refractivity (Wildman–Crippen MR) is 74.3 cm³/mol. The highest BCUT2D eigenvalue weighted by Crippen LogP contribution is 2.47. The molecule has 0 heterocycles. The Labute approximate surface area is 108 Å². The van der Waals surface area contributed by atoms with Crippen molar-refractivity contribution in [3.63, 3.8) is 0 Å². The molecule has 1 fully saturated rings. The molecule has 102 valence electrons. The standard InChI is InChI=1S/C15H31NO/c1-4-6-10-15(5-2,14-8-7-9-14)13-16-11-12-17-3/h14,16H,4-13H2,1-3H3. The molecule has 1 aliphatic rings. The number of nitrogens with one attached hydrogen (secondary N) is 1. The van der Waals surface area contributed by atoms with Crippen molar-refractivity contribution < 1.29 is 4.74 Å². The Morgan fingerprint density at radius 3 is 2.53 bits per heavy atom. The van der Waals surface area contributed by atoms with Crippen LogP contribution in [0.5, 0.6) is 0 Å². The van der Waals surface area contributed by atoms with E-state index in [1.54, 1.807) is 7.11 Å². The van der Waals surface area contributed by atoms with Gasteiger partial charge in [-0.05, 0) is 37.0 Å². The summed E-state index contributed by atoms with van der Waals surface area (Å²) in [6.45, 7) is 7.71. The van der Waals surface area contributed by atoms with Crippen LogP contribution in [-0.2, 0) is 4.74 Å². The van der Waals surface area contributed by atoms with Crippen LogP contribution in [0.2, 0.25) is 0 Å². The van der Waals surface area contributed by atoms with Gasteiger partial charge in [0, 0.05) is 20.2 Å². The highest BCUT2D eigenvalue weighted by atomic mass is 16.5. The minimum atomic E-state index is 0.571. The molecular weight excluding hydrogens is 210 g/mol. The molecule has 1 saturated carbocycles. The molecule has 0 amide bonds. The molecule has 17 heavy (non-hydrogen) atoms. The number of ether oxygens (including phenoxy) is 1. The Kier molecular flexibility index (Phi) is 7.14. The molecule has 0 saturated heterocycles. The van der Waals surface area contributed by atoms with Crippen molar-refractivity contribution in [3.8, 4) is 0 Å². The van der Waals surface area contributed by atoms with Gasteiger partial charge in [-0.25, -0.2) is 0 Å². The number of hydrogen-bond donors (Lipinski definition) is 1. The van der Waals surface area contributed by atoms with Crippen molar-refractivity contribution >= 4 is 0 Å². The van der Waals surface area contributed by atoms with Crippen LogP contribution in [0, 0.1) is 11.3 Å². The summed E-state index contributed by atoms with van der Waals surface area (Å²) in [5.41, 5.74) is 0.571. The van der Waals surface area contributed by atoms with E-state index in [1.807, 2.05) is 0 Å². The second-order valence-electron chi connectivity index (χ2n) is 5.62. The summed E-state index contributed by atoms with van der Waals surface area (Å²) in [4.78, 5) is 0. The van der Waals surface area contributed by atoms with E-state index in [0.29, 0.717) is 5.41 Å². The van der Waals surface area contributed by atoms with Gasteiger partial charge in [0.1, 0.15) is 0 Å². The van der Waals surface area contributed by atoms with Crippen LogP contribution in [0.25, 0.3) is 0 Å². The van der Waals surface area contributed by atoms with Crippen LogP contribution in [0.15, 0.2) is 0 Å². The average molecular weight is 241 g/mol. The Morgan fingerprint density at radius 1 is 1.29 bits per heavy atom. The van der Waals surface area contributed by atoms with Gasteiger partial charge in [-0.2, -0.15) is 0 Å². The van der Waals surface area contributed by atoms with E-state index in [0.717, 1.165) is 19.1 Å². The van der Waals surface area contributed by atoms with Gasteiger partial charge in [0.25, 0.3) is 0 Å². The fraction of sp³-hybridized carbons (Fsp3) is 1.00. The second-order valence-corrected chi connectivity index (χ2v) is 5.62. The first-order chi connectivity index (χ1) is 8.29. The fourth-order valence-electron chi connectivity index (χ4n) is 3.09. The molecule has 1 unspecified atom stereocenters. The summed E-state index contributed by atoms with van der Waals surface area (Å²) >= 11 is 0. The normalized spacial score (nSPS) is 19.9. The molecule has 2 nitrogen and oxygen atoms in total. The van der Waals surface area contributed by atoms with Gasteiger partial charge >= 0.3 is 0 Å². The van der Waals surface area contributed by atoms with Crippen LogP contribution < -0.4 is 5.32 Å². The molecule has 1 N–H and O–H groups in total. The third-order valence-corrected chi connectivity index (χ3v) is 4.66. The van der Waals surface area contributed by atoms with Crippen molar-refractivity contribution in [2.75, 3.05) is 26.8 Å². The molecule has 0 aromatic carbocycles. The minimum Gasteiger partial charge on any atom is -0.383 e. The minimum absolute atomic E-state index is 0.571. The van der Waals surface area contributed by atoms with Gasteiger partial charge in [-0.15, -0.1) is 0 Å². The lowest BCUT2D eigenvalue weighted by Gasteiger charge is -2.46. The molecule has 0 spiro atoms. The molecule has 0 aromatic heterocycles. The third-order valence-electron chi connectivity index (χ3n) is 4.66. The SMILES string of the molecule is CCCCC(CC)(CNCCOC)C1CCC1. The monoisotopic (exact) mass is 241 g/mol. The van der Waals surface area contributed by atoms with E-state index < -0.39 is 0 Å². The lowest BCUT2D eigenvalue weighted by Crippen LogP contribution is -2.43. The van der Waals surface area contributed by atoms with Crippen LogP contribution >= 0.6 is 0 Å². The maximum Gasteiger partial charge on any atom is 0.0587 e. The number of hydrogen-bond acceptors (Lipinski definition) is 2. The van der Waals surface area contributed by atoms with Gasteiger partial charge in [-0.1, -0.05) is 33.1 Å². The van der Waals surface area contributed by atoms with E-state index in [9.17, 15) is 0 Å². The average Bonchev–Trinajstić information content (AvgIpc) is 2.29. The summed E-state index contributed by atoms with van der Waals surface area (Å²) < 4.78 is 5.11. The van der Waals surface area contributed by atoms with Crippen LogP contribution in [-0.4, -0.2) is 26.8 Å². The molecule has 1 aliphatic carbocycles. The van der Waals surface area contributed by atoms with E-state index in [2.05, 4.69) is 19.2 Å². The number of rotatable bonds is 10. The Hall–Kier alpha value is -0.0800. The lowest BCUT2D eigenvalue weighted by molar-refractivity contribution is 0.0616. The van der Waals surface area contributed by atoms with Gasteiger partial charge in [-0.3, -0.25) is 0 Å². The molecule has 2 heteroatoms. The van der Waals surface area contributed by atoms with Gasteiger partial charge in [0.2, 0.25) is 0 Å². The maximum atomic E-state index is 5.11. The molecule has 0 aliphatic heterocycles. The van der Waals surface area contributed by atoms with Gasteiger partial charge in [0.05, 0.1) is 6.61 Å². The van der Waals surface area contributed by atoms with Crippen molar-refractivity contribution in [3.05, 3.63) is 0 Å². The first-order valence-corrected chi connectivity index (χ1v) is 7.48. The first-order valence-electron chi connectivity index (χ1n) is 7.48. The van der Waals surface area contributed by atoms with Gasteiger partial charge in [0.15, 0.2) is 0 Å². The van der Waals surface area contributed by atoms with Crippen LogP contribution in [0.3, 0.4) is 0 Å². The Morgan fingerprint density at radius 2 is 2.06 bits per heavy atom. The zero-order chi connectivity index (χ0) is 12.6. The Bertz CT molecular complexity index is 191. The molecular formula is C15H31NO. The van der Waals surface area contributed by atoms with Crippen LogP contribution in [0.4, 0.5) is 0 Å². The first kappa shape index (κ1) is 15.0.